The van der Waals surface area contributed by atoms with Gasteiger partial charge in [-0.05, 0) is 57.1 Å². The first-order chi connectivity index (χ1) is 12.4. The molecule has 3 nitrogen and oxygen atoms in total. The summed E-state index contributed by atoms with van der Waals surface area (Å²) >= 11 is 0. The van der Waals surface area contributed by atoms with Gasteiger partial charge < -0.3 is 0 Å². The number of benzene rings is 3. The van der Waals surface area contributed by atoms with Gasteiger partial charge in [0, 0.05) is 0 Å². The summed E-state index contributed by atoms with van der Waals surface area (Å²) in [6.45, 7) is 0. The number of para-hydroxylation sites is 3. The average molecular weight is 361 g/mol. The predicted octanol–water partition coefficient (Wildman–Crippen LogP) is 5.07. The molecule has 0 atom stereocenters. The fourth-order valence-corrected chi connectivity index (χ4v) is 4.54. The molecule has 0 aliphatic carbocycles. The second-order valence-corrected chi connectivity index (χ2v) is 7.36. The van der Waals surface area contributed by atoms with Crippen LogP contribution in [-0.2, 0) is 0 Å². The van der Waals surface area contributed by atoms with Crippen molar-refractivity contribution in [1.29, 1.82) is 0 Å². The zero-order valence-electron chi connectivity index (χ0n) is 13.3. The van der Waals surface area contributed by atoms with Gasteiger partial charge in [0.25, 0.3) is 0 Å². The van der Waals surface area contributed by atoms with Crippen molar-refractivity contribution in [2.24, 2.45) is 9.98 Å². The van der Waals surface area contributed by atoms with Crippen molar-refractivity contribution in [2.45, 2.75) is 0 Å². The molecule has 0 saturated carbocycles. The smallest absolute Gasteiger partial charge is 0.207 e. The second-order valence-electron chi connectivity index (χ2n) is 5.30. The molecule has 0 radical (unpaired) electrons. The van der Waals surface area contributed by atoms with Crippen LogP contribution in [0.4, 0.5) is 11.4 Å². The van der Waals surface area contributed by atoms with Gasteiger partial charge in [0.2, 0.25) is 9.60 Å². The number of rotatable bonds is 3. The van der Waals surface area contributed by atoms with Crippen LogP contribution < -0.4 is 9.60 Å². The van der Waals surface area contributed by atoms with Crippen molar-refractivity contribution in [2.75, 3.05) is 0 Å². The Hall–Kier alpha value is -2.76. The van der Waals surface area contributed by atoms with Crippen LogP contribution in [0.15, 0.2) is 101 Å². The van der Waals surface area contributed by atoms with E-state index in [1.165, 1.54) is 0 Å². The van der Waals surface area contributed by atoms with E-state index >= 15 is 0 Å². The second kappa shape index (κ2) is 7.42. The maximum absolute atomic E-state index is 4.81. The monoisotopic (exact) mass is 361 g/mol. The molecular formula is C20H15N3S2. The quantitative estimate of drug-likeness (QED) is 0.456. The van der Waals surface area contributed by atoms with Crippen LogP contribution >= 0.6 is 20.7 Å². The zero-order chi connectivity index (χ0) is 16.9. The summed E-state index contributed by atoms with van der Waals surface area (Å²) in [5.74, 6) is 0. The normalized spacial score (nSPS) is 12.5. The van der Waals surface area contributed by atoms with E-state index in [1.807, 2.05) is 78.9 Å². The standard InChI is InChI=1S/C20H15N3S2/c1-4-10-16(11-5-1)21-19-23(18-14-8-3-9-15-18)20(25-24-19)22-17-12-6-2-7-13-17/h1-15H. The number of hydrogen-bond acceptors (Lipinski definition) is 4. The Balaban J connectivity index is 1.95. The lowest BCUT2D eigenvalue weighted by molar-refractivity contribution is 0.948. The highest BCUT2D eigenvalue weighted by Crippen LogP contribution is 2.13. The summed E-state index contributed by atoms with van der Waals surface area (Å²) in [6, 6.07) is 30.2. The summed E-state index contributed by atoms with van der Waals surface area (Å²) in [5, 5.41) is 0. The van der Waals surface area contributed by atoms with Crippen molar-refractivity contribution >= 4 is 32.1 Å². The van der Waals surface area contributed by atoms with Crippen molar-refractivity contribution in [1.82, 2.24) is 4.57 Å². The molecular weight excluding hydrogens is 346 g/mol. The molecule has 4 rings (SSSR count). The molecule has 0 spiro atoms. The van der Waals surface area contributed by atoms with Gasteiger partial charge in [0.05, 0.1) is 17.1 Å². The third kappa shape index (κ3) is 3.68. The Morgan fingerprint density at radius 3 is 1.36 bits per heavy atom. The molecule has 1 heterocycles. The van der Waals surface area contributed by atoms with E-state index in [0.29, 0.717) is 0 Å². The van der Waals surface area contributed by atoms with Crippen molar-refractivity contribution in [3.05, 3.63) is 101 Å². The lowest BCUT2D eigenvalue weighted by Crippen LogP contribution is -2.23. The maximum atomic E-state index is 4.81. The summed E-state index contributed by atoms with van der Waals surface area (Å²) in [5.41, 5.74) is 2.93. The van der Waals surface area contributed by atoms with Crippen LogP contribution in [0.25, 0.3) is 5.69 Å². The predicted molar refractivity (Wildman–Crippen MR) is 105 cm³/mol. The van der Waals surface area contributed by atoms with Gasteiger partial charge in [-0.15, -0.1) is 0 Å². The molecule has 122 valence electrons. The third-order valence-corrected chi connectivity index (χ3v) is 5.62. The molecule has 0 bridgehead atoms. The van der Waals surface area contributed by atoms with Gasteiger partial charge >= 0.3 is 0 Å². The van der Waals surface area contributed by atoms with Gasteiger partial charge in [-0.3, -0.25) is 4.57 Å². The molecule has 0 N–H and O–H groups in total. The lowest BCUT2D eigenvalue weighted by Gasteiger charge is -2.02. The van der Waals surface area contributed by atoms with Crippen molar-refractivity contribution in [3.8, 4) is 5.69 Å². The fourth-order valence-electron chi connectivity index (χ4n) is 2.39. The fraction of sp³-hybridized carbons (Fsp3) is 0. The first-order valence-electron chi connectivity index (χ1n) is 7.87. The van der Waals surface area contributed by atoms with Crippen LogP contribution in [0, 0.1) is 0 Å². The van der Waals surface area contributed by atoms with Gasteiger partial charge in [0.15, 0.2) is 0 Å². The highest BCUT2D eigenvalue weighted by molar-refractivity contribution is 7.67. The zero-order valence-corrected chi connectivity index (χ0v) is 15.0. The van der Waals surface area contributed by atoms with Crippen LogP contribution in [-0.4, -0.2) is 4.57 Å². The molecule has 0 aliphatic heterocycles. The van der Waals surface area contributed by atoms with Gasteiger partial charge in [0.1, 0.15) is 0 Å². The van der Waals surface area contributed by atoms with Crippen LogP contribution in [0.5, 0.6) is 0 Å². The molecule has 0 aliphatic rings. The molecule has 25 heavy (non-hydrogen) atoms. The summed E-state index contributed by atoms with van der Waals surface area (Å²) in [6.07, 6.45) is 0. The van der Waals surface area contributed by atoms with Crippen LogP contribution in [0.1, 0.15) is 0 Å². The highest BCUT2D eigenvalue weighted by atomic mass is 32.9. The van der Waals surface area contributed by atoms with Gasteiger partial charge in [-0.1, -0.05) is 54.6 Å². The molecule has 5 heteroatoms. The Labute approximate surface area is 152 Å². The largest absolute Gasteiger partial charge is 0.260 e. The van der Waals surface area contributed by atoms with E-state index in [9.17, 15) is 0 Å². The molecule has 0 amide bonds. The summed E-state index contributed by atoms with van der Waals surface area (Å²) in [7, 11) is 3.26. The van der Waals surface area contributed by atoms with E-state index < -0.39 is 0 Å². The van der Waals surface area contributed by atoms with E-state index in [4.69, 9.17) is 9.98 Å². The Kier molecular flexibility index (Phi) is 4.68. The van der Waals surface area contributed by atoms with Crippen molar-refractivity contribution in [3.63, 3.8) is 0 Å². The summed E-state index contributed by atoms with van der Waals surface area (Å²) < 4.78 is 2.11. The van der Waals surface area contributed by atoms with E-state index in [0.717, 1.165) is 26.7 Å². The highest BCUT2D eigenvalue weighted by Gasteiger charge is 2.05. The minimum atomic E-state index is 0.914. The molecule has 4 aromatic rings. The number of aromatic nitrogens is 1. The van der Waals surface area contributed by atoms with Gasteiger partial charge in [-0.25, -0.2) is 9.98 Å². The first-order valence-corrected chi connectivity index (χ1v) is 10.0. The topological polar surface area (TPSA) is 29.6 Å². The van der Waals surface area contributed by atoms with Crippen LogP contribution in [0.3, 0.4) is 0 Å². The molecule has 3 aromatic carbocycles. The van der Waals surface area contributed by atoms with E-state index in [2.05, 4.69) is 16.7 Å². The Bertz CT molecular complexity index is 1010. The summed E-state index contributed by atoms with van der Waals surface area (Å²) in [4.78, 5) is 11.5. The van der Waals surface area contributed by atoms with Crippen LogP contribution in [0.2, 0.25) is 0 Å². The SMILES string of the molecule is c1ccc(N=c2ssc(=Nc3ccccc3)n2-c2ccccc2)cc1. The van der Waals surface area contributed by atoms with E-state index in [-0.39, 0.29) is 0 Å². The molecule has 0 fully saturated rings. The first kappa shape index (κ1) is 15.7. The van der Waals surface area contributed by atoms with Crippen molar-refractivity contribution < 1.29 is 0 Å². The average Bonchev–Trinajstić information content (AvgIpc) is 3.06. The molecule has 0 unspecified atom stereocenters. The maximum Gasteiger partial charge on any atom is 0.207 e. The number of nitrogens with zero attached hydrogens (tertiary/aromatic N) is 3. The molecule has 0 saturated heterocycles. The lowest BCUT2D eigenvalue weighted by atomic mass is 10.3. The third-order valence-electron chi connectivity index (χ3n) is 3.55. The van der Waals surface area contributed by atoms with Gasteiger partial charge in [-0.2, -0.15) is 0 Å². The minimum Gasteiger partial charge on any atom is -0.260 e. The Morgan fingerprint density at radius 2 is 0.920 bits per heavy atom. The van der Waals surface area contributed by atoms with E-state index in [1.54, 1.807) is 20.7 Å². The molecule has 1 aromatic heterocycles. The minimum absolute atomic E-state index is 0.914. The Morgan fingerprint density at radius 1 is 0.520 bits per heavy atom. The number of hydrogen-bond donors (Lipinski definition) is 0.